The van der Waals surface area contributed by atoms with Gasteiger partial charge in [-0.25, -0.2) is 0 Å². The fourth-order valence-corrected chi connectivity index (χ4v) is 2.88. The first kappa shape index (κ1) is 20.5. The lowest BCUT2D eigenvalue weighted by Crippen LogP contribution is -2.42. The van der Waals surface area contributed by atoms with Crippen molar-refractivity contribution in [1.82, 2.24) is 0 Å². The Balaban J connectivity index is 2.89. The molecule has 1 N–H and O–H groups in total. The van der Waals surface area contributed by atoms with Crippen molar-refractivity contribution in [3.05, 3.63) is 23.3 Å². The van der Waals surface area contributed by atoms with E-state index in [4.69, 9.17) is 9.47 Å². The number of carbonyl (C=O) groups excluding carboxylic acids is 1. The molecule has 0 aliphatic heterocycles. The van der Waals surface area contributed by atoms with Crippen molar-refractivity contribution in [1.29, 1.82) is 0 Å². The van der Waals surface area contributed by atoms with E-state index < -0.39 is 5.60 Å². The second-order valence-corrected chi connectivity index (χ2v) is 6.51. The smallest absolute Gasteiger partial charge is 0.256 e. The maximum atomic E-state index is 12.7. The number of nitrogens with one attached hydrogen (secondary N) is 1. The maximum Gasteiger partial charge on any atom is 0.256 e. The van der Waals surface area contributed by atoms with Gasteiger partial charge in [-0.15, -0.1) is 0 Å². The molecule has 0 fully saturated rings. The summed E-state index contributed by atoms with van der Waals surface area (Å²) in [5.41, 5.74) is 2.08. The van der Waals surface area contributed by atoms with Gasteiger partial charge in [-0.05, 0) is 63.8 Å². The largest absolute Gasteiger partial charge is 0.493 e. The highest BCUT2D eigenvalue weighted by Gasteiger charge is 2.33. The summed E-state index contributed by atoms with van der Waals surface area (Å²) in [5, 5.41) is 3.01. The Hall–Kier alpha value is -1.55. The molecule has 4 heteroatoms. The number of ether oxygens (including phenoxy) is 2. The Morgan fingerprint density at radius 3 is 2.25 bits per heavy atom. The molecule has 136 valence electrons. The number of aryl methyl sites for hydroxylation is 2. The van der Waals surface area contributed by atoms with Gasteiger partial charge >= 0.3 is 0 Å². The van der Waals surface area contributed by atoms with Crippen LogP contribution in [0, 0.1) is 13.8 Å². The molecule has 0 aliphatic carbocycles. The zero-order chi connectivity index (χ0) is 18.2. The SMILES string of the molecule is CCCCOc1c(C)cc(NC(=O)[C@](C)(CCC)OCC)cc1C. The quantitative estimate of drug-likeness (QED) is 0.611. The maximum absolute atomic E-state index is 12.7. The third-order valence-electron chi connectivity index (χ3n) is 4.13. The molecule has 24 heavy (non-hydrogen) atoms. The highest BCUT2D eigenvalue weighted by atomic mass is 16.5. The van der Waals surface area contributed by atoms with Crippen molar-refractivity contribution in [2.45, 2.75) is 72.8 Å². The van der Waals surface area contributed by atoms with Gasteiger partial charge < -0.3 is 14.8 Å². The average Bonchev–Trinajstić information content (AvgIpc) is 2.50. The van der Waals surface area contributed by atoms with Gasteiger partial charge in [-0.2, -0.15) is 0 Å². The van der Waals surface area contributed by atoms with E-state index >= 15 is 0 Å². The van der Waals surface area contributed by atoms with Crippen molar-refractivity contribution in [2.24, 2.45) is 0 Å². The van der Waals surface area contributed by atoms with Crippen LogP contribution in [0.15, 0.2) is 12.1 Å². The van der Waals surface area contributed by atoms with Crippen LogP contribution in [-0.2, 0) is 9.53 Å². The molecule has 0 heterocycles. The van der Waals surface area contributed by atoms with Gasteiger partial charge in [0.05, 0.1) is 6.61 Å². The number of unbranched alkanes of at least 4 members (excludes halogenated alkanes) is 1. The van der Waals surface area contributed by atoms with Crippen molar-refractivity contribution >= 4 is 11.6 Å². The lowest BCUT2D eigenvalue weighted by atomic mass is 9.98. The molecular formula is C20H33NO3. The molecule has 0 radical (unpaired) electrons. The normalized spacial score (nSPS) is 13.4. The van der Waals surface area contributed by atoms with E-state index in [9.17, 15) is 4.79 Å². The molecule has 1 aromatic carbocycles. The van der Waals surface area contributed by atoms with Crippen molar-refractivity contribution < 1.29 is 14.3 Å². The van der Waals surface area contributed by atoms with Gasteiger partial charge in [0.1, 0.15) is 11.4 Å². The van der Waals surface area contributed by atoms with Crippen LogP contribution in [0.3, 0.4) is 0 Å². The first-order chi connectivity index (χ1) is 11.4. The van der Waals surface area contributed by atoms with Crippen LogP contribution in [0.2, 0.25) is 0 Å². The Labute approximate surface area is 146 Å². The second kappa shape index (κ2) is 9.67. The predicted octanol–water partition coefficient (Wildman–Crippen LogP) is 5.02. The summed E-state index contributed by atoms with van der Waals surface area (Å²) in [7, 11) is 0. The van der Waals surface area contributed by atoms with Gasteiger partial charge in [0.25, 0.3) is 5.91 Å². The molecule has 0 aliphatic rings. The highest BCUT2D eigenvalue weighted by Crippen LogP contribution is 2.28. The lowest BCUT2D eigenvalue weighted by Gasteiger charge is -2.28. The standard InChI is InChI=1S/C20H33NO3/c1-7-10-12-23-18-15(4)13-17(14-16(18)5)21-19(22)20(6,11-8-2)24-9-3/h13-14H,7-12H2,1-6H3,(H,21,22)/t20-/m0/s1. The first-order valence-electron chi connectivity index (χ1n) is 9.07. The summed E-state index contributed by atoms with van der Waals surface area (Å²) >= 11 is 0. The predicted molar refractivity (Wildman–Crippen MR) is 99.9 cm³/mol. The van der Waals surface area contributed by atoms with Gasteiger partial charge in [-0.3, -0.25) is 4.79 Å². The summed E-state index contributed by atoms with van der Waals surface area (Å²) in [5.74, 6) is 0.826. The zero-order valence-corrected chi connectivity index (χ0v) is 16.1. The van der Waals surface area contributed by atoms with Crippen molar-refractivity contribution in [3.8, 4) is 5.75 Å². The van der Waals surface area contributed by atoms with E-state index in [1.165, 1.54) is 0 Å². The third kappa shape index (κ3) is 5.52. The van der Waals surface area contributed by atoms with Gasteiger partial charge in [0.15, 0.2) is 0 Å². The minimum absolute atomic E-state index is 0.0929. The average molecular weight is 335 g/mol. The Morgan fingerprint density at radius 1 is 1.12 bits per heavy atom. The van der Waals surface area contributed by atoms with Crippen LogP contribution >= 0.6 is 0 Å². The van der Waals surface area contributed by atoms with Crippen molar-refractivity contribution in [3.63, 3.8) is 0 Å². The van der Waals surface area contributed by atoms with Gasteiger partial charge in [0, 0.05) is 12.3 Å². The highest BCUT2D eigenvalue weighted by molar-refractivity contribution is 5.97. The van der Waals surface area contributed by atoms with Crippen LogP contribution in [0.1, 0.15) is 64.5 Å². The van der Waals surface area contributed by atoms with E-state index in [1.54, 1.807) is 0 Å². The molecule has 0 bridgehead atoms. The molecule has 4 nitrogen and oxygen atoms in total. The topological polar surface area (TPSA) is 47.6 Å². The number of hydrogen-bond donors (Lipinski definition) is 1. The number of anilines is 1. The van der Waals surface area contributed by atoms with E-state index in [2.05, 4.69) is 19.2 Å². The number of amides is 1. The monoisotopic (exact) mass is 335 g/mol. The summed E-state index contributed by atoms with van der Waals surface area (Å²) in [4.78, 5) is 12.7. The number of benzene rings is 1. The molecule has 0 unspecified atom stereocenters. The van der Waals surface area contributed by atoms with Crippen LogP contribution in [-0.4, -0.2) is 24.7 Å². The molecule has 1 atom stereocenters. The molecule has 1 aromatic rings. The Kier molecular flexibility index (Phi) is 8.26. The Morgan fingerprint density at radius 2 is 1.75 bits per heavy atom. The Bertz CT molecular complexity index is 511. The van der Waals surface area contributed by atoms with E-state index in [0.717, 1.165) is 48.4 Å². The van der Waals surface area contributed by atoms with Crippen LogP contribution in [0.4, 0.5) is 5.69 Å². The summed E-state index contributed by atoms with van der Waals surface area (Å²) < 4.78 is 11.6. The molecule has 1 amide bonds. The summed E-state index contributed by atoms with van der Waals surface area (Å²) in [6.45, 7) is 13.2. The minimum Gasteiger partial charge on any atom is -0.493 e. The fraction of sp³-hybridized carbons (Fsp3) is 0.650. The summed E-state index contributed by atoms with van der Waals surface area (Å²) in [6.07, 6.45) is 3.75. The molecular weight excluding hydrogens is 302 g/mol. The molecule has 0 aromatic heterocycles. The minimum atomic E-state index is -0.790. The van der Waals surface area contributed by atoms with Crippen molar-refractivity contribution in [2.75, 3.05) is 18.5 Å². The molecule has 1 rings (SSSR count). The van der Waals surface area contributed by atoms with E-state index in [-0.39, 0.29) is 5.91 Å². The fourth-order valence-electron chi connectivity index (χ4n) is 2.88. The molecule has 0 spiro atoms. The number of carbonyl (C=O) groups is 1. The van der Waals surface area contributed by atoms with Crippen LogP contribution < -0.4 is 10.1 Å². The van der Waals surface area contributed by atoms with Crippen LogP contribution in [0.5, 0.6) is 5.75 Å². The molecule has 0 saturated carbocycles. The lowest BCUT2D eigenvalue weighted by molar-refractivity contribution is -0.139. The first-order valence-corrected chi connectivity index (χ1v) is 9.07. The van der Waals surface area contributed by atoms with Crippen LogP contribution in [0.25, 0.3) is 0 Å². The third-order valence-corrected chi connectivity index (χ3v) is 4.13. The van der Waals surface area contributed by atoms with E-state index in [0.29, 0.717) is 13.0 Å². The van der Waals surface area contributed by atoms with Gasteiger partial charge in [-0.1, -0.05) is 26.7 Å². The number of hydrogen-bond acceptors (Lipinski definition) is 3. The molecule has 0 saturated heterocycles. The summed E-state index contributed by atoms with van der Waals surface area (Å²) in [6, 6.07) is 3.93. The van der Waals surface area contributed by atoms with E-state index in [1.807, 2.05) is 39.8 Å². The number of rotatable bonds is 10. The zero-order valence-electron chi connectivity index (χ0n) is 16.1. The van der Waals surface area contributed by atoms with Gasteiger partial charge in [0.2, 0.25) is 0 Å². The second-order valence-electron chi connectivity index (χ2n) is 6.51.